The van der Waals surface area contributed by atoms with E-state index in [0.29, 0.717) is 11.3 Å². The summed E-state index contributed by atoms with van der Waals surface area (Å²) in [4.78, 5) is 14.2. The van der Waals surface area contributed by atoms with Crippen LogP contribution >= 0.6 is 12.2 Å². The SMILES string of the molecule is Cc1ccc(N2C(=O)/C(=C\c3ccccc3OC(F)F)NC2=S)c(C)c1. The minimum Gasteiger partial charge on any atom is -0.434 e. The standard InChI is InChI=1S/C19H16F2N2O2S/c1-11-7-8-15(12(2)9-11)23-17(24)14(22-19(23)26)10-13-5-3-4-6-16(13)25-18(20)21/h3-10,18H,1-2H3,(H,22,26)/b14-10+. The fraction of sp³-hybridized carbons (Fsp3) is 0.158. The van der Waals surface area contributed by atoms with Gasteiger partial charge < -0.3 is 10.1 Å². The normalized spacial score (nSPS) is 15.7. The number of carbonyl (C=O) groups is 1. The third-order valence-corrected chi connectivity index (χ3v) is 4.19. The number of rotatable bonds is 4. The highest BCUT2D eigenvalue weighted by atomic mass is 32.1. The third kappa shape index (κ3) is 3.57. The zero-order valence-corrected chi connectivity index (χ0v) is 14.9. The van der Waals surface area contributed by atoms with Gasteiger partial charge >= 0.3 is 6.61 Å². The van der Waals surface area contributed by atoms with Gasteiger partial charge in [0, 0.05) is 5.56 Å². The van der Waals surface area contributed by atoms with Gasteiger partial charge in [0.05, 0.1) is 5.69 Å². The minimum absolute atomic E-state index is 0.0134. The van der Waals surface area contributed by atoms with Crippen LogP contribution in [0, 0.1) is 13.8 Å². The Morgan fingerprint density at radius 2 is 1.92 bits per heavy atom. The lowest BCUT2D eigenvalue weighted by Crippen LogP contribution is -2.30. The van der Waals surface area contributed by atoms with Crippen molar-refractivity contribution in [3.05, 3.63) is 64.9 Å². The lowest BCUT2D eigenvalue weighted by Gasteiger charge is -2.17. The van der Waals surface area contributed by atoms with E-state index in [-0.39, 0.29) is 22.5 Å². The predicted octanol–water partition coefficient (Wildman–Crippen LogP) is 4.17. The minimum atomic E-state index is -2.95. The van der Waals surface area contributed by atoms with Crippen LogP contribution in [0.5, 0.6) is 5.75 Å². The van der Waals surface area contributed by atoms with Gasteiger partial charge in [0.25, 0.3) is 5.91 Å². The molecule has 0 bridgehead atoms. The molecule has 1 heterocycles. The van der Waals surface area contributed by atoms with Gasteiger partial charge in [-0.1, -0.05) is 35.9 Å². The maximum absolute atomic E-state index is 12.8. The van der Waals surface area contributed by atoms with Gasteiger partial charge in [-0.3, -0.25) is 9.69 Å². The molecule has 1 aliphatic rings. The summed E-state index contributed by atoms with van der Waals surface area (Å²) in [5.74, 6) is -0.366. The van der Waals surface area contributed by atoms with Crippen molar-refractivity contribution in [2.45, 2.75) is 20.5 Å². The second-order valence-corrected chi connectivity index (χ2v) is 6.22. The fourth-order valence-corrected chi connectivity index (χ4v) is 3.06. The molecule has 26 heavy (non-hydrogen) atoms. The van der Waals surface area contributed by atoms with Gasteiger partial charge in [0.15, 0.2) is 5.11 Å². The topological polar surface area (TPSA) is 41.6 Å². The van der Waals surface area contributed by atoms with E-state index in [1.807, 2.05) is 32.0 Å². The molecule has 4 nitrogen and oxygen atoms in total. The van der Waals surface area contributed by atoms with Crippen LogP contribution in [-0.2, 0) is 4.79 Å². The Kier molecular flexibility index (Phi) is 4.99. The fourth-order valence-electron chi connectivity index (χ4n) is 2.77. The Morgan fingerprint density at radius 3 is 2.62 bits per heavy atom. The van der Waals surface area contributed by atoms with Crippen molar-refractivity contribution >= 4 is 35.0 Å². The monoisotopic (exact) mass is 374 g/mol. The quantitative estimate of drug-likeness (QED) is 0.644. The molecule has 1 aliphatic heterocycles. The van der Waals surface area contributed by atoms with Gasteiger partial charge in [-0.25, -0.2) is 0 Å². The molecule has 0 aromatic heterocycles. The van der Waals surface area contributed by atoms with Crippen molar-refractivity contribution in [1.82, 2.24) is 5.32 Å². The number of carbonyl (C=O) groups excluding carboxylic acids is 1. The van der Waals surface area contributed by atoms with Gasteiger partial charge in [-0.05, 0) is 49.8 Å². The van der Waals surface area contributed by atoms with E-state index >= 15 is 0 Å². The summed E-state index contributed by atoms with van der Waals surface area (Å²) in [6, 6.07) is 11.9. The number of benzene rings is 2. The molecule has 1 fully saturated rings. The second kappa shape index (κ2) is 7.21. The summed E-state index contributed by atoms with van der Waals surface area (Å²) in [6.45, 7) is 0.908. The number of hydrogen-bond acceptors (Lipinski definition) is 3. The van der Waals surface area contributed by atoms with Crippen molar-refractivity contribution in [1.29, 1.82) is 0 Å². The highest BCUT2D eigenvalue weighted by Crippen LogP contribution is 2.28. The Bertz CT molecular complexity index is 912. The summed E-state index contributed by atoms with van der Waals surface area (Å²) >= 11 is 5.29. The molecule has 2 aromatic rings. The average Bonchev–Trinajstić information content (AvgIpc) is 2.83. The van der Waals surface area contributed by atoms with Crippen molar-refractivity contribution in [2.75, 3.05) is 4.90 Å². The van der Waals surface area contributed by atoms with Crippen molar-refractivity contribution in [2.24, 2.45) is 0 Å². The lowest BCUT2D eigenvalue weighted by molar-refractivity contribution is -0.113. The number of nitrogens with zero attached hydrogens (tertiary/aromatic N) is 1. The summed E-state index contributed by atoms with van der Waals surface area (Å²) in [5.41, 5.74) is 3.21. The molecule has 2 aromatic carbocycles. The number of aryl methyl sites for hydroxylation is 2. The zero-order valence-electron chi connectivity index (χ0n) is 14.1. The molecular weight excluding hydrogens is 358 g/mol. The first kappa shape index (κ1) is 18.0. The molecule has 1 saturated heterocycles. The highest BCUT2D eigenvalue weighted by molar-refractivity contribution is 7.80. The first-order chi connectivity index (χ1) is 12.4. The Labute approximate surface area is 155 Å². The zero-order chi connectivity index (χ0) is 18.8. The molecule has 7 heteroatoms. The Balaban J connectivity index is 1.96. The summed E-state index contributed by atoms with van der Waals surface area (Å²) < 4.78 is 29.6. The smallest absolute Gasteiger partial charge is 0.387 e. The van der Waals surface area contributed by atoms with Crippen LogP contribution in [0.4, 0.5) is 14.5 Å². The molecule has 3 rings (SSSR count). The van der Waals surface area contributed by atoms with Crippen LogP contribution in [0.15, 0.2) is 48.2 Å². The maximum atomic E-state index is 12.8. The first-order valence-corrected chi connectivity index (χ1v) is 8.26. The van der Waals surface area contributed by atoms with Crippen molar-refractivity contribution in [3.8, 4) is 5.75 Å². The molecule has 0 aliphatic carbocycles. The number of ether oxygens (including phenoxy) is 1. The molecular formula is C19H16F2N2O2S. The van der Waals surface area contributed by atoms with Gasteiger partial charge in [0.2, 0.25) is 0 Å². The molecule has 1 amide bonds. The van der Waals surface area contributed by atoms with Crippen LogP contribution in [0.1, 0.15) is 16.7 Å². The predicted molar refractivity (Wildman–Crippen MR) is 100 cm³/mol. The Morgan fingerprint density at radius 1 is 1.19 bits per heavy atom. The number of alkyl halides is 2. The number of thiocarbonyl (C=S) groups is 1. The first-order valence-electron chi connectivity index (χ1n) is 7.85. The van der Waals surface area contributed by atoms with E-state index in [1.165, 1.54) is 17.0 Å². The van der Waals surface area contributed by atoms with Gasteiger partial charge in [-0.2, -0.15) is 8.78 Å². The lowest BCUT2D eigenvalue weighted by atomic mass is 10.1. The third-order valence-electron chi connectivity index (χ3n) is 3.91. The second-order valence-electron chi connectivity index (χ2n) is 5.83. The molecule has 0 unspecified atom stereocenters. The molecule has 134 valence electrons. The van der Waals surface area contributed by atoms with Crippen LogP contribution in [0.25, 0.3) is 6.08 Å². The molecule has 0 radical (unpaired) electrons. The average molecular weight is 374 g/mol. The van der Waals surface area contributed by atoms with E-state index in [0.717, 1.165) is 11.1 Å². The van der Waals surface area contributed by atoms with E-state index in [4.69, 9.17) is 12.2 Å². The van der Waals surface area contributed by atoms with E-state index in [1.54, 1.807) is 18.2 Å². The van der Waals surface area contributed by atoms with Crippen LogP contribution in [0.2, 0.25) is 0 Å². The van der Waals surface area contributed by atoms with Crippen LogP contribution in [0.3, 0.4) is 0 Å². The highest BCUT2D eigenvalue weighted by Gasteiger charge is 2.33. The molecule has 0 saturated carbocycles. The summed E-state index contributed by atoms with van der Waals surface area (Å²) in [5, 5.41) is 3.09. The van der Waals surface area contributed by atoms with Crippen LogP contribution in [-0.4, -0.2) is 17.6 Å². The summed E-state index contributed by atoms with van der Waals surface area (Å²) in [7, 11) is 0. The number of nitrogens with one attached hydrogen (secondary N) is 1. The van der Waals surface area contributed by atoms with Crippen molar-refractivity contribution < 1.29 is 18.3 Å². The van der Waals surface area contributed by atoms with Gasteiger partial charge in [0.1, 0.15) is 11.4 Å². The number of halogens is 2. The largest absolute Gasteiger partial charge is 0.434 e. The van der Waals surface area contributed by atoms with Gasteiger partial charge in [-0.15, -0.1) is 0 Å². The van der Waals surface area contributed by atoms with E-state index < -0.39 is 6.61 Å². The molecule has 1 N–H and O–H groups in total. The van der Waals surface area contributed by atoms with Crippen molar-refractivity contribution in [3.63, 3.8) is 0 Å². The Hall–Kier alpha value is -2.80. The van der Waals surface area contributed by atoms with Crippen LogP contribution < -0.4 is 15.0 Å². The number of para-hydroxylation sites is 1. The maximum Gasteiger partial charge on any atom is 0.387 e. The molecule has 0 spiro atoms. The van der Waals surface area contributed by atoms with E-state index in [9.17, 15) is 13.6 Å². The number of amides is 1. The number of hydrogen-bond donors (Lipinski definition) is 1. The summed E-state index contributed by atoms with van der Waals surface area (Å²) in [6.07, 6.45) is 1.45. The number of anilines is 1. The molecule has 0 atom stereocenters. The van der Waals surface area contributed by atoms with E-state index in [2.05, 4.69) is 10.1 Å².